The Morgan fingerprint density at radius 1 is 1.27 bits per heavy atom. The molecule has 60 valence electrons. The molecule has 2 aliphatic carbocycles. The Labute approximate surface area is 69.0 Å². The average Bonchev–Trinajstić information content (AvgIpc) is 2.38. The van der Waals surface area contributed by atoms with Crippen LogP contribution in [0.1, 0.15) is 32.1 Å². The van der Waals surface area contributed by atoms with Crippen LogP contribution in [0.3, 0.4) is 0 Å². The van der Waals surface area contributed by atoms with Crippen LogP contribution < -0.4 is 0 Å². The second-order valence-corrected chi connectivity index (χ2v) is 3.91. The van der Waals surface area contributed by atoms with Crippen molar-refractivity contribution < 1.29 is 0 Å². The van der Waals surface area contributed by atoms with E-state index in [-0.39, 0.29) is 0 Å². The van der Waals surface area contributed by atoms with Crippen molar-refractivity contribution in [3.05, 3.63) is 24.3 Å². The summed E-state index contributed by atoms with van der Waals surface area (Å²) < 4.78 is 0. The van der Waals surface area contributed by atoms with Gasteiger partial charge in [0, 0.05) is 0 Å². The van der Waals surface area contributed by atoms with Crippen LogP contribution in [0.25, 0.3) is 0 Å². The van der Waals surface area contributed by atoms with Gasteiger partial charge in [-0.3, -0.25) is 0 Å². The lowest BCUT2D eigenvalue weighted by molar-refractivity contribution is 0.434. The quantitative estimate of drug-likeness (QED) is 0.494. The summed E-state index contributed by atoms with van der Waals surface area (Å²) in [6.45, 7) is 4.01. The molecule has 11 heavy (non-hydrogen) atoms. The highest BCUT2D eigenvalue weighted by Gasteiger charge is 2.25. The van der Waals surface area contributed by atoms with Crippen LogP contribution >= 0.6 is 0 Å². The highest BCUT2D eigenvalue weighted by molar-refractivity contribution is 5.18. The van der Waals surface area contributed by atoms with Gasteiger partial charge in [-0.1, -0.05) is 30.7 Å². The van der Waals surface area contributed by atoms with E-state index in [0.29, 0.717) is 0 Å². The van der Waals surface area contributed by atoms with E-state index in [2.05, 4.69) is 18.7 Å². The van der Waals surface area contributed by atoms with Crippen molar-refractivity contribution in [3.8, 4) is 0 Å². The van der Waals surface area contributed by atoms with Crippen molar-refractivity contribution in [2.45, 2.75) is 32.1 Å². The van der Waals surface area contributed by atoms with Crippen molar-refractivity contribution in [1.82, 2.24) is 0 Å². The summed E-state index contributed by atoms with van der Waals surface area (Å²) in [5.41, 5.74) is 1.33. The number of hydrogen-bond donors (Lipinski definition) is 0. The molecule has 0 heterocycles. The van der Waals surface area contributed by atoms with E-state index in [0.717, 1.165) is 11.8 Å². The fraction of sp³-hybridized carbons (Fsp3) is 0.636. The molecule has 0 aliphatic heterocycles. The molecule has 2 unspecified atom stereocenters. The third kappa shape index (κ3) is 1.40. The largest absolute Gasteiger partial charge is 0.0958 e. The second-order valence-electron chi connectivity index (χ2n) is 3.91. The summed E-state index contributed by atoms with van der Waals surface area (Å²) in [5, 5.41) is 0. The molecule has 2 rings (SSSR count). The van der Waals surface area contributed by atoms with Crippen molar-refractivity contribution >= 4 is 0 Å². The fourth-order valence-electron chi connectivity index (χ4n) is 2.39. The zero-order chi connectivity index (χ0) is 7.68. The monoisotopic (exact) mass is 148 g/mol. The van der Waals surface area contributed by atoms with E-state index in [1.165, 1.54) is 37.7 Å². The molecular weight excluding hydrogens is 132 g/mol. The zero-order valence-electron chi connectivity index (χ0n) is 7.05. The van der Waals surface area contributed by atoms with Crippen LogP contribution in [0.4, 0.5) is 0 Å². The molecule has 1 saturated carbocycles. The van der Waals surface area contributed by atoms with Gasteiger partial charge in [0.1, 0.15) is 0 Å². The van der Waals surface area contributed by atoms with E-state index in [4.69, 9.17) is 0 Å². The summed E-state index contributed by atoms with van der Waals surface area (Å²) in [6.07, 6.45) is 11.6. The first-order chi connectivity index (χ1) is 5.36. The maximum atomic E-state index is 4.01. The van der Waals surface area contributed by atoms with Crippen LogP contribution in [0.15, 0.2) is 24.3 Å². The molecule has 2 atom stereocenters. The van der Waals surface area contributed by atoms with Crippen LogP contribution in [-0.4, -0.2) is 0 Å². The Hall–Kier alpha value is -0.520. The van der Waals surface area contributed by atoms with E-state index >= 15 is 0 Å². The molecule has 0 bridgehead atoms. The van der Waals surface area contributed by atoms with Crippen LogP contribution in [-0.2, 0) is 0 Å². The molecule has 0 radical (unpaired) electrons. The molecule has 0 aromatic heterocycles. The van der Waals surface area contributed by atoms with Gasteiger partial charge in [-0.05, 0) is 37.5 Å². The molecule has 0 spiro atoms. The molecule has 1 fully saturated rings. The third-order valence-corrected chi connectivity index (χ3v) is 3.13. The lowest BCUT2D eigenvalue weighted by Gasteiger charge is -2.12. The third-order valence-electron chi connectivity index (χ3n) is 3.13. The Morgan fingerprint density at radius 3 is 3.09 bits per heavy atom. The predicted molar refractivity (Wildman–Crippen MR) is 48.3 cm³/mol. The first-order valence-electron chi connectivity index (χ1n) is 4.72. The smallest absolute Gasteiger partial charge is 0.0202 e. The van der Waals surface area contributed by atoms with Crippen molar-refractivity contribution in [3.63, 3.8) is 0 Å². The van der Waals surface area contributed by atoms with E-state index in [1.807, 2.05) is 0 Å². The predicted octanol–water partition coefficient (Wildman–Crippen LogP) is 3.31. The van der Waals surface area contributed by atoms with Gasteiger partial charge in [0.05, 0.1) is 0 Å². The number of rotatable bonds is 0. The maximum Gasteiger partial charge on any atom is -0.0202 e. The van der Waals surface area contributed by atoms with Gasteiger partial charge in [0.2, 0.25) is 0 Å². The van der Waals surface area contributed by atoms with Gasteiger partial charge in [0.25, 0.3) is 0 Å². The molecule has 0 nitrogen and oxygen atoms in total. The lowest BCUT2D eigenvalue weighted by Crippen LogP contribution is -2.02. The minimum Gasteiger partial charge on any atom is -0.0958 e. The molecule has 2 aliphatic rings. The summed E-state index contributed by atoms with van der Waals surface area (Å²) >= 11 is 0. The normalized spacial score (nSPS) is 36.9. The number of fused-ring (bicyclic) bond motifs is 1. The van der Waals surface area contributed by atoms with E-state index in [1.54, 1.807) is 0 Å². The van der Waals surface area contributed by atoms with Crippen LogP contribution in [0, 0.1) is 11.8 Å². The summed E-state index contributed by atoms with van der Waals surface area (Å²) in [4.78, 5) is 0. The molecule has 0 N–H and O–H groups in total. The van der Waals surface area contributed by atoms with Gasteiger partial charge in [0.15, 0.2) is 0 Å². The first kappa shape index (κ1) is 7.15. The second kappa shape index (κ2) is 2.84. The van der Waals surface area contributed by atoms with Crippen molar-refractivity contribution in [2.24, 2.45) is 11.8 Å². The number of hydrogen-bond acceptors (Lipinski definition) is 0. The average molecular weight is 148 g/mol. The van der Waals surface area contributed by atoms with Crippen molar-refractivity contribution in [2.75, 3.05) is 0 Å². The summed E-state index contributed by atoms with van der Waals surface area (Å²) in [7, 11) is 0. The molecular formula is C11H16. The Morgan fingerprint density at radius 2 is 2.18 bits per heavy atom. The van der Waals surface area contributed by atoms with Gasteiger partial charge in [-0.25, -0.2) is 0 Å². The number of allylic oxidation sites excluding steroid dienone is 3. The van der Waals surface area contributed by atoms with E-state index in [9.17, 15) is 0 Å². The maximum absolute atomic E-state index is 4.01. The Bertz CT molecular complexity index is 188. The summed E-state index contributed by atoms with van der Waals surface area (Å²) in [6, 6.07) is 0. The Balaban J connectivity index is 2.11. The minimum absolute atomic E-state index is 0.897. The summed E-state index contributed by atoms with van der Waals surface area (Å²) in [5.74, 6) is 1.89. The van der Waals surface area contributed by atoms with Gasteiger partial charge >= 0.3 is 0 Å². The highest BCUT2D eigenvalue weighted by atomic mass is 14.3. The standard InChI is InChI=1S/C11H16/c1-9-5-7-10-3-2-4-11(10)8-6-9/h5,7,10-11H,1-4,6,8H2. The van der Waals surface area contributed by atoms with Gasteiger partial charge in [-0.2, -0.15) is 0 Å². The van der Waals surface area contributed by atoms with Gasteiger partial charge in [-0.15, -0.1) is 0 Å². The fourth-order valence-corrected chi connectivity index (χ4v) is 2.39. The SMILES string of the molecule is C=C1C=CC2CCCC2CC1. The molecule has 0 saturated heterocycles. The minimum atomic E-state index is 0.897. The van der Waals surface area contributed by atoms with Gasteiger partial charge < -0.3 is 0 Å². The van der Waals surface area contributed by atoms with Crippen LogP contribution in [0.5, 0.6) is 0 Å². The molecule has 0 amide bonds. The Kier molecular flexibility index (Phi) is 1.85. The van der Waals surface area contributed by atoms with E-state index < -0.39 is 0 Å². The van der Waals surface area contributed by atoms with Crippen molar-refractivity contribution in [1.29, 1.82) is 0 Å². The molecule has 0 aromatic rings. The van der Waals surface area contributed by atoms with Crippen LogP contribution in [0.2, 0.25) is 0 Å². The molecule has 0 aromatic carbocycles. The lowest BCUT2D eigenvalue weighted by atomic mass is 9.93. The highest BCUT2D eigenvalue weighted by Crippen LogP contribution is 2.38. The topological polar surface area (TPSA) is 0 Å². The molecule has 0 heteroatoms. The zero-order valence-corrected chi connectivity index (χ0v) is 7.05. The first-order valence-corrected chi connectivity index (χ1v) is 4.72.